The van der Waals surface area contributed by atoms with Crippen molar-refractivity contribution in [1.29, 1.82) is 0 Å². The Labute approximate surface area is 147 Å². The van der Waals surface area contributed by atoms with Gasteiger partial charge in [0.25, 0.3) is 0 Å². The van der Waals surface area contributed by atoms with Gasteiger partial charge in [0.2, 0.25) is 5.91 Å². The fraction of sp³-hybridized carbons (Fsp3) is 0.500. The van der Waals surface area contributed by atoms with Gasteiger partial charge in [-0.2, -0.15) is 10.2 Å². The number of halogens is 1. The summed E-state index contributed by atoms with van der Waals surface area (Å²) in [6, 6.07) is -0.454. The maximum atomic E-state index is 12.2. The van der Waals surface area contributed by atoms with Crippen molar-refractivity contribution in [2.24, 2.45) is 0 Å². The molecular formula is C14H19BrN6O3. The molecule has 0 aliphatic heterocycles. The monoisotopic (exact) mass is 398 g/mol. The van der Waals surface area contributed by atoms with Crippen LogP contribution in [0.5, 0.6) is 0 Å². The fourth-order valence-corrected chi connectivity index (χ4v) is 2.67. The summed E-state index contributed by atoms with van der Waals surface area (Å²) in [4.78, 5) is 22.7. The van der Waals surface area contributed by atoms with Crippen LogP contribution in [0.1, 0.15) is 30.0 Å². The Balaban J connectivity index is 1.95. The molecule has 0 saturated heterocycles. The van der Waals surface area contributed by atoms with Crippen LogP contribution in [0.4, 0.5) is 5.69 Å². The first kappa shape index (κ1) is 18.1. The van der Waals surface area contributed by atoms with Crippen LogP contribution in [0.2, 0.25) is 0 Å². The van der Waals surface area contributed by atoms with Crippen molar-refractivity contribution >= 4 is 27.5 Å². The average molecular weight is 399 g/mol. The van der Waals surface area contributed by atoms with Gasteiger partial charge < -0.3 is 5.32 Å². The molecule has 9 nitrogen and oxygen atoms in total. The summed E-state index contributed by atoms with van der Waals surface area (Å²) < 4.78 is 3.97. The minimum Gasteiger partial charge on any atom is -0.352 e. The van der Waals surface area contributed by atoms with E-state index in [0.717, 1.165) is 10.2 Å². The third kappa shape index (κ3) is 3.64. The number of carbonyl (C=O) groups is 1. The number of carbonyl (C=O) groups excluding carboxylic acids is 1. The molecule has 0 bridgehead atoms. The van der Waals surface area contributed by atoms with Crippen LogP contribution in [-0.4, -0.2) is 36.9 Å². The summed E-state index contributed by atoms with van der Waals surface area (Å²) in [6.07, 6.45) is 1.75. The number of nitrogens with one attached hydrogen (secondary N) is 1. The number of amides is 1. The van der Waals surface area contributed by atoms with Crippen LogP contribution in [0.25, 0.3) is 0 Å². The molecule has 1 amide bonds. The number of nitro groups is 1. The Morgan fingerprint density at radius 1 is 1.38 bits per heavy atom. The highest BCUT2D eigenvalue weighted by Crippen LogP contribution is 2.21. The van der Waals surface area contributed by atoms with E-state index >= 15 is 0 Å². The van der Waals surface area contributed by atoms with Gasteiger partial charge in [0, 0.05) is 12.7 Å². The Bertz CT molecular complexity index is 762. The zero-order valence-corrected chi connectivity index (χ0v) is 15.5. The molecule has 10 heteroatoms. The second-order valence-corrected chi connectivity index (χ2v) is 6.36. The molecule has 0 aromatic carbocycles. The maximum absolute atomic E-state index is 12.2. The van der Waals surface area contributed by atoms with Crippen molar-refractivity contribution in [2.75, 3.05) is 6.54 Å². The Kier molecular flexibility index (Phi) is 5.37. The van der Waals surface area contributed by atoms with Crippen molar-refractivity contribution in [3.05, 3.63) is 37.9 Å². The van der Waals surface area contributed by atoms with Gasteiger partial charge in [-0.05, 0) is 43.6 Å². The first-order chi connectivity index (χ1) is 11.2. The van der Waals surface area contributed by atoms with E-state index in [-0.39, 0.29) is 11.6 Å². The predicted molar refractivity (Wildman–Crippen MR) is 90.7 cm³/mol. The number of aryl methyl sites for hydroxylation is 2. The van der Waals surface area contributed by atoms with Gasteiger partial charge in [-0.1, -0.05) is 0 Å². The minimum atomic E-state index is -0.454. The van der Waals surface area contributed by atoms with Gasteiger partial charge in [-0.15, -0.1) is 0 Å². The highest BCUT2D eigenvalue weighted by atomic mass is 79.9. The van der Waals surface area contributed by atoms with Crippen LogP contribution >= 0.6 is 15.9 Å². The molecule has 0 fully saturated rings. The molecule has 0 spiro atoms. The SMILES string of the molecule is Cc1nn(C(C)C(=O)NCCn2nc(C)c([N+](=O)[O-])c2C)cc1Br. The molecule has 130 valence electrons. The van der Waals surface area contributed by atoms with Crippen molar-refractivity contribution in [2.45, 2.75) is 40.3 Å². The lowest BCUT2D eigenvalue weighted by molar-refractivity contribution is -0.386. The number of hydrogen-bond acceptors (Lipinski definition) is 5. The van der Waals surface area contributed by atoms with Gasteiger partial charge in [-0.25, -0.2) is 0 Å². The molecule has 0 aliphatic rings. The van der Waals surface area contributed by atoms with Crippen molar-refractivity contribution in [1.82, 2.24) is 24.9 Å². The van der Waals surface area contributed by atoms with E-state index in [0.29, 0.717) is 24.5 Å². The Morgan fingerprint density at radius 2 is 2.04 bits per heavy atom. The fourth-order valence-electron chi connectivity index (χ4n) is 2.38. The van der Waals surface area contributed by atoms with Crippen LogP contribution in [0, 0.1) is 30.9 Å². The van der Waals surface area contributed by atoms with Crippen molar-refractivity contribution in [3.8, 4) is 0 Å². The molecule has 0 radical (unpaired) electrons. The summed E-state index contributed by atoms with van der Waals surface area (Å²) in [5.74, 6) is -0.180. The molecule has 1 atom stereocenters. The maximum Gasteiger partial charge on any atom is 0.312 e. The van der Waals surface area contributed by atoms with Gasteiger partial charge in [0.1, 0.15) is 17.4 Å². The lowest BCUT2D eigenvalue weighted by atomic mass is 10.3. The van der Waals surface area contributed by atoms with Crippen molar-refractivity contribution < 1.29 is 9.72 Å². The molecule has 24 heavy (non-hydrogen) atoms. The van der Waals surface area contributed by atoms with Crippen LogP contribution < -0.4 is 5.32 Å². The summed E-state index contributed by atoms with van der Waals surface area (Å²) >= 11 is 3.36. The van der Waals surface area contributed by atoms with E-state index < -0.39 is 11.0 Å². The summed E-state index contributed by atoms with van der Waals surface area (Å²) in [6.45, 7) is 7.53. The van der Waals surface area contributed by atoms with E-state index in [1.54, 1.807) is 31.6 Å². The molecule has 1 N–H and O–H groups in total. The number of rotatable bonds is 6. The first-order valence-electron chi connectivity index (χ1n) is 7.39. The van der Waals surface area contributed by atoms with Crippen LogP contribution in [0.3, 0.4) is 0 Å². The minimum absolute atomic E-state index is 0.0200. The quantitative estimate of drug-likeness (QED) is 0.591. The second kappa shape index (κ2) is 7.12. The third-order valence-electron chi connectivity index (χ3n) is 3.78. The standard InChI is InChI=1S/C14H19BrN6O3/c1-8-12(15)7-20(17-8)11(4)14(22)16-5-6-19-10(3)13(21(23)24)9(2)18-19/h7,11H,5-6H2,1-4H3,(H,16,22). The molecule has 0 saturated carbocycles. The molecular weight excluding hydrogens is 380 g/mol. The van der Waals surface area contributed by atoms with E-state index in [2.05, 4.69) is 31.4 Å². The molecule has 2 heterocycles. The van der Waals surface area contributed by atoms with Gasteiger partial charge in [0.05, 0.1) is 21.6 Å². The average Bonchev–Trinajstić information content (AvgIpc) is 2.98. The first-order valence-corrected chi connectivity index (χ1v) is 8.19. The second-order valence-electron chi connectivity index (χ2n) is 5.51. The summed E-state index contributed by atoms with van der Waals surface area (Å²) in [5, 5.41) is 22.2. The Morgan fingerprint density at radius 3 is 2.54 bits per heavy atom. The molecule has 2 rings (SSSR count). The summed E-state index contributed by atoms with van der Waals surface area (Å²) in [5.41, 5.74) is 1.68. The lowest BCUT2D eigenvalue weighted by Gasteiger charge is -2.13. The topological polar surface area (TPSA) is 108 Å². The predicted octanol–water partition coefficient (Wildman–Crippen LogP) is 2.05. The largest absolute Gasteiger partial charge is 0.352 e. The smallest absolute Gasteiger partial charge is 0.312 e. The van der Waals surface area contributed by atoms with E-state index in [1.807, 2.05) is 6.92 Å². The third-order valence-corrected chi connectivity index (χ3v) is 4.56. The van der Waals surface area contributed by atoms with E-state index in [1.165, 1.54) is 4.68 Å². The number of nitrogens with zero attached hydrogens (tertiary/aromatic N) is 5. The van der Waals surface area contributed by atoms with Crippen molar-refractivity contribution in [3.63, 3.8) is 0 Å². The van der Waals surface area contributed by atoms with Gasteiger partial charge >= 0.3 is 5.69 Å². The molecule has 0 aliphatic carbocycles. The highest BCUT2D eigenvalue weighted by molar-refractivity contribution is 9.10. The molecule has 2 aromatic heterocycles. The zero-order valence-electron chi connectivity index (χ0n) is 13.9. The highest BCUT2D eigenvalue weighted by Gasteiger charge is 2.22. The van der Waals surface area contributed by atoms with Crippen LogP contribution in [-0.2, 0) is 11.3 Å². The van der Waals surface area contributed by atoms with E-state index in [4.69, 9.17) is 0 Å². The number of aromatic nitrogens is 4. The lowest BCUT2D eigenvalue weighted by Crippen LogP contribution is -2.33. The van der Waals surface area contributed by atoms with Gasteiger partial charge in [0.15, 0.2) is 0 Å². The summed E-state index contributed by atoms with van der Waals surface area (Å²) in [7, 11) is 0. The normalized spacial score (nSPS) is 12.2. The van der Waals surface area contributed by atoms with Crippen LogP contribution in [0.15, 0.2) is 10.7 Å². The number of hydrogen-bond donors (Lipinski definition) is 1. The Hall–Kier alpha value is -2.23. The van der Waals surface area contributed by atoms with Gasteiger partial charge in [-0.3, -0.25) is 24.3 Å². The zero-order chi connectivity index (χ0) is 18.0. The van der Waals surface area contributed by atoms with E-state index in [9.17, 15) is 14.9 Å². The molecule has 1 unspecified atom stereocenters. The molecule has 2 aromatic rings.